The molecule has 0 saturated carbocycles. The largest absolute Gasteiger partial charge is 0.295 e. The zero-order chi connectivity index (χ0) is 21.4. The molecule has 0 fully saturated rings. The SMILES string of the molecule is O=S(=O)(O)c1ccccc1/C=C/c1ccc(-n2nc3ccc4ccccc4c3n2)cc1. The highest BCUT2D eigenvalue weighted by Crippen LogP contribution is 2.23. The first-order chi connectivity index (χ1) is 15.0. The summed E-state index contributed by atoms with van der Waals surface area (Å²) in [5.74, 6) is 0. The Morgan fingerprint density at radius 3 is 2.32 bits per heavy atom. The summed E-state index contributed by atoms with van der Waals surface area (Å²) in [6.07, 6.45) is 3.44. The van der Waals surface area contributed by atoms with Crippen LogP contribution in [-0.2, 0) is 10.1 Å². The van der Waals surface area contributed by atoms with Gasteiger partial charge in [-0.15, -0.1) is 10.2 Å². The molecule has 0 bridgehead atoms. The lowest BCUT2D eigenvalue weighted by Gasteiger charge is -2.03. The quantitative estimate of drug-likeness (QED) is 0.323. The third kappa shape index (κ3) is 3.72. The fourth-order valence-electron chi connectivity index (χ4n) is 3.52. The van der Waals surface area contributed by atoms with Gasteiger partial charge < -0.3 is 0 Å². The first-order valence-corrected chi connectivity index (χ1v) is 11.0. The number of aromatic nitrogens is 3. The lowest BCUT2D eigenvalue weighted by Crippen LogP contribution is -2.00. The molecular weight excluding hydrogens is 410 g/mol. The molecule has 0 aliphatic rings. The zero-order valence-electron chi connectivity index (χ0n) is 16.3. The summed E-state index contributed by atoms with van der Waals surface area (Å²) in [6, 6.07) is 26.0. The van der Waals surface area contributed by atoms with Crippen LogP contribution in [0.1, 0.15) is 11.1 Å². The van der Waals surface area contributed by atoms with Gasteiger partial charge in [-0.3, -0.25) is 4.55 Å². The maximum atomic E-state index is 11.5. The van der Waals surface area contributed by atoms with E-state index in [1.54, 1.807) is 35.1 Å². The van der Waals surface area contributed by atoms with Crippen molar-refractivity contribution < 1.29 is 13.0 Å². The van der Waals surface area contributed by atoms with Crippen molar-refractivity contribution in [3.8, 4) is 5.69 Å². The molecular formula is C24H17N3O3S. The van der Waals surface area contributed by atoms with Gasteiger partial charge in [0.15, 0.2) is 0 Å². The summed E-state index contributed by atoms with van der Waals surface area (Å²) in [4.78, 5) is 1.49. The van der Waals surface area contributed by atoms with E-state index in [0.29, 0.717) is 5.56 Å². The minimum Gasteiger partial charge on any atom is -0.282 e. The maximum Gasteiger partial charge on any atom is 0.295 e. The van der Waals surface area contributed by atoms with Crippen molar-refractivity contribution in [1.29, 1.82) is 0 Å². The first kappa shape index (κ1) is 19.2. The van der Waals surface area contributed by atoms with Crippen LogP contribution < -0.4 is 0 Å². The molecule has 31 heavy (non-hydrogen) atoms. The van der Waals surface area contributed by atoms with Crippen LogP contribution in [0, 0.1) is 0 Å². The first-order valence-electron chi connectivity index (χ1n) is 9.59. The van der Waals surface area contributed by atoms with Crippen molar-refractivity contribution in [2.45, 2.75) is 4.90 Å². The van der Waals surface area contributed by atoms with E-state index in [1.807, 2.05) is 54.6 Å². The molecule has 6 nitrogen and oxygen atoms in total. The van der Waals surface area contributed by atoms with Gasteiger partial charge >= 0.3 is 0 Å². The molecule has 0 atom stereocenters. The van der Waals surface area contributed by atoms with Crippen LogP contribution in [0.3, 0.4) is 0 Å². The lowest BCUT2D eigenvalue weighted by molar-refractivity contribution is 0.483. The van der Waals surface area contributed by atoms with Gasteiger partial charge in [0.05, 0.1) is 5.69 Å². The highest BCUT2D eigenvalue weighted by molar-refractivity contribution is 7.85. The summed E-state index contributed by atoms with van der Waals surface area (Å²) in [5.41, 5.74) is 3.78. The van der Waals surface area contributed by atoms with E-state index in [4.69, 9.17) is 0 Å². The van der Waals surface area contributed by atoms with Crippen molar-refractivity contribution in [2.24, 2.45) is 0 Å². The van der Waals surface area contributed by atoms with Crippen molar-refractivity contribution in [2.75, 3.05) is 0 Å². The zero-order valence-corrected chi connectivity index (χ0v) is 17.1. The highest BCUT2D eigenvalue weighted by Gasteiger charge is 2.12. The normalized spacial score (nSPS) is 12.2. The number of hydrogen-bond acceptors (Lipinski definition) is 4. The Kier molecular flexibility index (Phi) is 4.62. The molecule has 1 aromatic heterocycles. The number of nitrogens with zero attached hydrogens (tertiary/aromatic N) is 3. The van der Waals surface area contributed by atoms with Crippen LogP contribution in [0.15, 0.2) is 89.8 Å². The third-order valence-electron chi connectivity index (χ3n) is 5.05. The van der Waals surface area contributed by atoms with Crippen LogP contribution in [0.2, 0.25) is 0 Å². The van der Waals surface area contributed by atoms with E-state index in [-0.39, 0.29) is 4.90 Å². The maximum absolute atomic E-state index is 11.5. The molecule has 0 aliphatic heterocycles. The summed E-state index contributed by atoms with van der Waals surface area (Å²) in [5, 5.41) is 11.4. The summed E-state index contributed by atoms with van der Waals surface area (Å²) >= 11 is 0. The predicted molar refractivity (Wildman–Crippen MR) is 122 cm³/mol. The van der Waals surface area contributed by atoms with Crippen molar-refractivity contribution in [1.82, 2.24) is 15.0 Å². The fraction of sp³-hybridized carbons (Fsp3) is 0. The van der Waals surface area contributed by atoms with Crippen LogP contribution in [0.4, 0.5) is 0 Å². The average Bonchev–Trinajstić information content (AvgIpc) is 3.23. The second kappa shape index (κ2) is 7.46. The van der Waals surface area contributed by atoms with E-state index in [0.717, 1.165) is 33.1 Å². The highest BCUT2D eigenvalue weighted by atomic mass is 32.2. The van der Waals surface area contributed by atoms with Gasteiger partial charge in [0.2, 0.25) is 0 Å². The Morgan fingerprint density at radius 2 is 1.52 bits per heavy atom. The smallest absolute Gasteiger partial charge is 0.282 e. The Balaban J connectivity index is 1.46. The third-order valence-corrected chi connectivity index (χ3v) is 5.98. The number of fused-ring (bicyclic) bond motifs is 3. The molecule has 4 aromatic carbocycles. The van der Waals surface area contributed by atoms with Crippen LogP contribution in [0.5, 0.6) is 0 Å². The van der Waals surface area contributed by atoms with Crippen molar-refractivity contribution in [3.63, 3.8) is 0 Å². The van der Waals surface area contributed by atoms with E-state index in [1.165, 1.54) is 6.07 Å². The van der Waals surface area contributed by atoms with Gasteiger partial charge in [-0.25, -0.2) is 0 Å². The van der Waals surface area contributed by atoms with Gasteiger partial charge in [0, 0.05) is 5.39 Å². The average molecular weight is 427 g/mol. The Hall–Kier alpha value is -3.81. The molecule has 7 heteroatoms. The van der Waals surface area contributed by atoms with E-state index < -0.39 is 10.1 Å². The topological polar surface area (TPSA) is 85.1 Å². The van der Waals surface area contributed by atoms with Crippen LogP contribution in [0.25, 0.3) is 39.6 Å². The van der Waals surface area contributed by atoms with Gasteiger partial charge in [-0.05, 0) is 40.8 Å². The molecule has 1 heterocycles. The molecule has 0 radical (unpaired) electrons. The number of hydrogen-bond donors (Lipinski definition) is 1. The van der Waals surface area contributed by atoms with E-state index >= 15 is 0 Å². The molecule has 152 valence electrons. The Bertz CT molecular complexity index is 1550. The minimum absolute atomic E-state index is 0.123. The van der Waals surface area contributed by atoms with Crippen LogP contribution >= 0.6 is 0 Å². The Labute approximate surface area is 178 Å². The summed E-state index contributed by atoms with van der Waals surface area (Å²) in [6.45, 7) is 0. The molecule has 5 rings (SSSR count). The van der Waals surface area contributed by atoms with Gasteiger partial charge in [-0.1, -0.05) is 72.8 Å². The predicted octanol–water partition coefficient (Wildman–Crippen LogP) is 4.99. The number of rotatable bonds is 4. The van der Waals surface area contributed by atoms with Crippen molar-refractivity contribution >= 4 is 44.1 Å². The molecule has 0 aliphatic carbocycles. The second-order valence-electron chi connectivity index (χ2n) is 7.08. The lowest BCUT2D eigenvalue weighted by atomic mass is 10.1. The van der Waals surface area contributed by atoms with Crippen molar-refractivity contribution in [3.05, 3.63) is 96.1 Å². The Morgan fingerprint density at radius 1 is 0.774 bits per heavy atom. The standard InChI is InChI=1S/C24H17N3O3S/c28-31(29,30)23-8-4-2-6-19(23)12-9-17-10-14-20(15-11-17)27-25-22-16-13-18-5-1-3-7-21(18)24(22)26-27/h1-16H,(H,28,29,30)/b12-9+. The monoisotopic (exact) mass is 427 g/mol. The van der Waals surface area contributed by atoms with Gasteiger partial charge in [0.1, 0.15) is 15.9 Å². The summed E-state index contributed by atoms with van der Waals surface area (Å²) < 4.78 is 32.4. The molecule has 0 saturated heterocycles. The van der Waals surface area contributed by atoms with Gasteiger partial charge in [0.25, 0.3) is 10.1 Å². The fourth-order valence-corrected chi connectivity index (χ4v) is 4.21. The minimum atomic E-state index is -4.28. The van der Waals surface area contributed by atoms with Crippen LogP contribution in [-0.4, -0.2) is 28.0 Å². The molecule has 5 aromatic rings. The van der Waals surface area contributed by atoms with Gasteiger partial charge in [-0.2, -0.15) is 13.2 Å². The molecule has 0 spiro atoms. The molecule has 0 unspecified atom stereocenters. The molecule has 0 amide bonds. The number of benzene rings is 4. The van der Waals surface area contributed by atoms with E-state index in [2.05, 4.69) is 16.3 Å². The van der Waals surface area contributed by atoms with E-state index in [9.17, 15) is 13.0 Å². The second-order valence-corrected chi connectivity index (χ2v) is 8.47. The summed E-state index contributed by atoms with van der Waals surface area (Å²) in [7, 11) is -4.28. The molecule has 1 N–H and O–H groups in total.